The van der Waals surface area contributed by atoms with Gasteiger partial charge in [-0.1, -0.05) is 40.0 Å². The molecule has 0 bridgehead atoms. The molecular weight excluding hydrogens is 194 g/mol. The minimum Gasteiger partial charge on any atom is -0.302 e. The van der Waals surface area contributed by atoms with Crippen LogP contribution in [-0.4, -0.2) is 29.9 Å². The van der Waals surface area contributed by atoms with Crippen molar-refractivity contribution >= 4 is 11.6 Å². The number of rotatable bonds is 9. The quantitative estimate of drug-likeness (QED) is 0.420. The SMILES string of the molecule is CCCCCN(CC)CC(Cl)CCC. The van der Waals surface area contributed by atoms with E-state index in [9.17, 15) is 0 Å². The Morgan fingerprint density at radius 2 is 1.79 bits per heavy atom. The van der Waals surface area contributed by atoms with Gasteiger partial charge in [0.15, 0.2) is 0 Å². The van der Waals surface area contributed by atoms with Gasteiger partial charge >= 0.3 is 0 Å². The molecule has 0 saturated heterocycles. The second-order valence-electron chi connectivity index (χ2n) is 3.99. The van der Waals surface area contributed by atoms with Gasteiger partial charge in [0.25, 0.3) is 0 Å². The Morgan fingerprint density at radius 1 is 1.07 bits per heavy atom. The predicted molar refractivity (Wildman–Crippen MR) is 66.2 cm³/mol. The average Bonchev–Trinajstić information content (AvgIpc) is 2.17. The molecule has 1 atom stereocenters. The van der Waals surface area contributed by atoms with Gasteiger partial charge in [0.1, 0.15) is 0 Å². The fraction of sp³-hybridized carbons (Fsp3) is 1.00. The van der Waals surface area contributed by atoms with Crippen molar-refractivity contribution in [3.63, 3.8) is 0 Å². The molecule has 0 amide bonds. The van der Waals surface area contributed by atoms with Crippen LogP contribution in [0.5, 0.6) is 0 Å². The lowest BCUT2D eigenvalue weighted by atomic mass is 10.2. The highest BCUT2D eigenvalue weighted by Gasteiger charge is 2.08. The molecule has 14 heavy (non-hydrogen) atoms. The first-order chi connectivity index (χ1) is 6.74. The van der Waals surface area contributed by atoms with Crippen molar-refractivity contribution in [3.05, 3.63) is 0 Å². The first kappa shape index (κ1) is 14.2. The highest BCUT2D eigenvalue weighted by molar-refractivity contribution is 6.20. The topological polar surface area (TPSA) is 3.24 Å². The smallest absolute Gasteiger partial charge is 0.0463 e. The zero-order valence-corrected chi connectivity index (χ0v) is 10.8. The van der Waals surface area contributed by atoms with Gasteiger partial charge < -0.3 is 4.90 Å². The van der Waals surface area contributed by atoms with E-state index in [0.29, 0.717) is 5.38 Å². The predicted octanol–water partition coefficient (Wildman–Crippen LogP) is 3.91. The second kappa shape index (κ2) is 9.79. The zero-order chi connectivity index (χ0) is 10.8. The summed E-state index contributed by atoms with van der Waals surface area (Å²) in [5.74, 6) is 0. The van der Waals surface area contributed by atoms with Crippen LogP contribution in [0, 0.1) is 0 Å². The first-order valence-electron chi connectivity index (χ1n) is 6.10. The van der Waals surface area contributed by atoms with E-state index in [4.69, 9.17) is 11.6 Å². The van der Waals surface area contributed by atoms with E-state index in [1.807, 2.05) is 0 Å². The number of hydrogen-bond acceptors (Lipinski definition) is 1. The Kier molecular flexibility index (Phi) is 9.97. The Labute approximate surface area is 94.8 Å². The van der Waals surface area contributed by atoms with E-state index in [-0.39, 0.29) is 0 Å². The maximum atomic E-state index is 6.23. The number of nitrogens with zero attached hydrogens (tertiary/aromatic N) is 1. The van der Waals surface area contributed by atoms with Gasteiger partial charge in [-0.2, -0.15) is 0 Å². The summed E-state index contributed by atoms with van der Waals surface area (Å²) in [5.41, 5.74) is 0. The summed E-state index contributed by atoms with van der Waals surface area (Å²) in [6.07, 6.45) is 6.31. The summed E-state index contributed by atoms with van der Waals surface area (Å²) in [5, 5.41) is 0.349. The molecule has 1 nitrogen and oxygen atoms in total. The minimum atomic E-state index is 0.349. The second-order valence-corrected chi connectivity index (χ2v) is 4.60. The highest BCUT2D eigenvalue weighted by Crippen LogP contribution is 2.08. The molecule has 0 radical (unpaired) electrons. The summed E-state index contributed by atoms with van der Waals surface area (Å²) < 4.78 is 0. The molecule has 0 N–H and O–H groups in total. The summed E-state index contributed by atoms with van der Waals surface area (Å²) in [6, 6.07) is 0. The molecule has 1 unspecified atom stereocenters. The van der Waals surface area contributed by atoms with Crippen LogP contribution >= 0.6 is 11.6 Å². The van der Waals surface area contributed by atoms with Crippen LogP contribution in [0.3, 0.4) is 0 Å². The largest absolute Gasteiger partial charge is 0.302 e. The Morgan fingerprint density at radius 3 is 2.29 bits per heavy atom. The molecular formula is C12H26ClN. The maximum Gasteiger partial charge on any atom is 0.0463 e. The lowest BCUT2D eigenvalue weighted by molar-refractivity contribution is 0.277. The Hall–Kier alpha value is 0.250. The molecule has 0 heterocycles. The van der Waals surface area contributed by atoms with E-state index in [0.717, 1.165) is 19.5 Å². The van der Waals surface area contributed by atoms with Crippen LogP contribution in [0.15, 0.2) is 0 Å². The lowest BCUT2D eigenvalue weighted by Crippen LogP contribution is -2.30. The van der Waals surface area contributed by atoms with Crippen molar-refractivity contribution in [2.24, 2.45) is 0 Å². The van der Waals surface area contributed by atoms with Crippen molar-refractivity contribution in [3.8, 4) is 0 Å². The standard InChI is InChI=1S/C12H26ClN/c1-4-7-8-10-14(6-3)11-12(13)9-5-2/h12H,4-11H2,1-3H3. The highest BCUT2D eigenvalue weighted by atomic mass is 35.5. The zero-order valence-electron chi connectivity index (χ0n) is 10.1. The number of unbranched alkanes of at least 4 members (excludes halogenated alkanes) is 2. The van der Waals surface area contributed by atoms with Gasteiger partial charge in [-0.25, -0.2) is 0 Å². The molecule has 0 spiro atoms. The molecule has 0 aromatic heterocycles. The van der Waals surface area contributed by atoms with Crippen LogP contribution in [0.2, 0.25) is 0 Å². The third kappa shape index (κ3) is 7.64. The summed E-state index contributed by atoms with van der Waals surface area (Å²) in [7, 11) is 0. The minimum absolute atomic E-state index is 0.349. The van der Waals surface area contributed by atoms with E-state index >= 15 is 0 Å². The van der Waals surface area contributed by atoms with Crippen molar-refractivity contribution in [2.75, 3.05) is 19.6 Å². The van der Waals surface area contributed by atoms with Crippen molar-refractivity contribution < 1.29 is 0 Å². The van der Waals surface area contributed by atoms with Crippen LogP contribution in [0.25, 0.3) is 0 Å². The van der Waals surface area contributed by atoms with Gasteiger partial charge in [-0.3, -0.25) is 0 Å². The van der Waals surface area contributed by atoms with Crippen LogP contribution < -0.4 is 0 Å². The molecule has 0 aliphatic heterocycles. The van der Waals surface area contributed by atoms with Crippen LogP contribution in [0.1, 0.15) is 52.9 Å². The van der Waals surface area contributed by atoms with E-state index in [2.05, 4.69) is 25.7 Å². The van der Waals surface area contributed by atoms with E-state index in [1.165, 1.54) is 32.2 Å². The third-order valence-electron chi connectivity index (χ3n) is 2.58. The van der Waals surface area contributed by atoms with Gasteiger partial charge in [-0.15, -0.1) is 11.6 Å². The molecule has 0 fully saturated rings. The molecule has 0 aliphatic carbocycles. The maximum absolute atomic E-state index is 6.23. The van der Waals surface area contributed by atoms with Crippen molar-refractivity contribution in [1.29, 1.82) is 0 Å². The normalized spacial score (nSPS) is 13.5. The lowest BCUT2D eigenvalue weighted by Gasteiger charge is -2.22. The number of hydrogen-bond donors (Lipinski definition) is 0. The molecule has 0 aliphatic rings. The Balaban J connectivity index is 3.55. The number of halogens is 1. The summed E-state index contributed by atoms with van der Waals surface area (Å²) in [6.45, 7) is 10.1. The average molecular weight is 220 g/mol. The molecule has 0 aromatic rings. The Bertz CT molecular complexity index is 117. The molecule has 86 valence electrons. The third-order valence-corrected chi connectivity index (χ3v) is 2.94. The van der Waals surface area contributed by atoms with Gasteiger partial charge in [0.05, 0.1) is 0 Å². The summed E-state index contributed by atoms with van der Waals surface area (Å²) in [4.78, 5) is 2.48. The van der Waals surface area contributed by atoms with E-state index in [1.54, 1.807) is 0 Å². The van der Waals surface area contributed by atoms with Crippen LogP contribution in [-0.2, 0) is 0 Å². The fourth-order valence-electron chi connectivity index (χ4n) is 1.65. The van der Waals surface area contributed by atoms with Gasteiger partial charge in [-0.05, 0) is 25.9 Å². The molecule has 0 aromatic carbocycles. The van der Waals surface area contributed by atoms with Crippen molar-refractivity contribution in [1.82, 2.24) is 4.90 Å². The molecule has 0 saturated carbocycles. The first-order valence-corrected chi connectivity index (χ1v) is 6.54. The summed E-state index contributed by atoms with van der Waals surface area (Å²) >= 11 is 6.23. The number of alkyl halides is 1. The van der Waals surface area contributed by atoms with E-state index < -0.39 is 0 Å². The fourth-order valence-corrected chi connectivity index (χ4v) is 2.06. The van der Waals surface area contributed by atoms with Gasteiger partial charge in [0, 0.05) is 11.9 Å². The molecule has 0 rings (SSSR count). The van der Waals surface area contributed by atoms with Crippen molar-refractivity contribution in [2.45, 2.75) is 58.3 Å². The van der Waals surface area contributed by atoms with Gasteiger partial charge in [0.2, 0.25) is 0 Å². The monoisotopic (exact) mass is 219 g/mol. The molecule has 2 heteroatoms. The van der Waals surface area contributed by atoms with Crippen LogP contribution in [0.4, 0.5) is 0 Å².